The second-order valence-corrected chi connectivity index (χ2v) is 4.47. The van der Waals surface area contributed by atoms with Crippen molar-refractivity contribution in [2.24, 2.45) is 0 Å². The number of methoxy groups -OCH3 is 2. The quantitative estimate of drug-likeness (QED) is 0.786. The molecule has 0 bridgehead atoms. The van der Waals surface area contributed by atoms with E-state index in [1.807, 2.05) is 42.6 Å². The van der Waals surface area contributed by atoms with E-state index in [1.165, 1.54) is 0 Å². The minimum absolute atomic E-state index is 0.778. The lowest BCUT2D eigenvalue weighted by molar-refractivity contribution is 0.393. The lowest BCUT2D eigenvalue weighted by atomic mass is 10.2. The highest BCUT2D eigenvalue weighted by molar-refractivity contribution is 5.38. The Bertz CT molecular complexity index is 507. The Morgan fingerprint density at radius 1 is 1.05 bits per heavy atom. The van der Waals surface area contributed by atoms with Crippen molar-refractivity contribution in [3.63, 3.8) is 0 Å². The molecule has 4 heteroatoms. The van der Waals surface area contributed by atoms with Crippen LogP contribution in [-0.2, 0) is 13.0 Å². The average molecular weight is 272 g/mol. The second kappa shape index (κ2) is 7.50. The largest absolute Gasteiger partial charge is 0.497 e. The van der Waals surface area contributed by atoms with Gasteiger partial charge in [-0.25, -0.2) is 0 Å². The minimum atomic E-state index is 0.778. The summed E-state index contributed by atoms with van der Waals surface area (Å²) in [6.45, 7) is 1.66. The summed E-state index contributed by atoms with van der Waals surface area (Å²) in [6.07, 6.45) is 2.74. The third-order valence-electron chi connectivity index (χ3n) is 3.02. The van der Waals surface area contributed by atoms with Gasteiger partial charge in [0.2, 0.25) is 0 Å². The van der Waals surface area contributed by atoms with Crippen molar-refractivity contribution in [2.75, 3.05) is 20.8 Å². The van der Waals surface area contributed by atoms with E-state index in [0.717, 1.165) is 42.3 Å². The summed E-state index contributed by atoms with van der Waals surface area (Å²) in [5.74, 6) is 1.62. The molecule has 0 amide bonds. The van der Waals surface area contributed by atoms with Crippen molar-refractivity contribution in [1.82, 2.24) is 10.3 Å². The molecular formula is C16H20N2O2. The summed E-state index contributed by atoms with van der Waals surface area (Å²) in [6, 6.07) is 11.9. The Labute approximate surface area is 119 Å². The molecule has 0 saturated heterocycles. The number of ether oxygens (including phenoxy) is 2. The van der Waals surface area contributed by atoms with Crippen molar-refractivity contribution in [2.45, 2.75) is 13.0 Å². The van der Waals surface area contributed by atoms with Crippen molar-refractivity contribution >= 4 is 0 Å². The highest BCUT2D eigenvalue weighted by Crippen LogP contribution is 2.22. The molecule has 1 heterocycles. The van der Waals surface area contributed by atoms with Gasteiger partial charge < -0.3 is 14.8 Å². The molecule has 0 aliphatic carbocycles. The van der Waals surface area contributed by atoms with Gasteiger partial charge in [-0.2, -0.15) is 0 Å². The summed E-state index contributed by atoms with van der Waals surface area (Å²) in [5.41, 5.74) is 2.24. The summed E-state index contributed by atoms with van der Waals surface area (Å²) in [7, 11) is 3.32. The lowest BCUT2D eigenvalue weighted by Crippen LogP contribution is -2.17. The van der Waals surface area contributed by atoms with Crippen LogP contribution in [0, 0.1) is 0 Å². The van der Waals surface area contributed by atoms with E-state index in [1.54, 1.807) is 14.2 Å². The Hall–Kier alpha value is -2.07. The van der Waals surface area contributed by atoms with Crippen molar-refractivity contribution in [3.05, 3.63) is 53.9 Å². The number of pyridine rings is 1. The molecule has 1 aromatic heterocycles. The number of nitrogens with one attached hydrogen (secondary N) is 1. The van der Waals surface area contributed by atoms with Gasteiger partial charge >= 0.3 is 0 Å². The number of rotatable bonds is 7. The molecule has 1 aromatic carbocycles. The number of hydrogen-bond acceptors (Lipinski definition) is 4. The molecule has 0 aliphatic heterocycles. The van der Waals surface area contributed by atoms with Crippen LogP contribution in [0.2, 0.25) is 0 Å². The normalized spacial score (nSPS) is 10.3. The van der Waals surface area contributed by atoms with E-state index >= 15 is 0 Å². The van der Waals surface area contributed by atoms with Crippen molar-refractivity contribution in [3.8, 4) is 11.5 Å². The van der Waals surface area contributed by atoms with Crippen molar-refractivity contribution in [1.29, 1.82) is 0 Å². The Balaban J connectivity index is 1.84. The Morgan fingerprint density at radius 2 is 1.80 bits per heavy atom. The lowest BCUT2D eigenvalue weighted by Gasteiger charge is -2.09. The van der Waals surface area contributed by atoms with E-state index in [0.29, 0.717) is 0 Å². The van der Waals surface area contributed by atoms with Gasteiger partial charge in [-0.3, -0.25) is 4.98 Å². The topological polar surface area (TPSA) is 43.4 Å². The third kappa shape index (κ3) is 4.24. The molecule has 2 rings (SSSR count). The van der Waals surface area contributed by atoms with Crippen LogP contribution in [0.15, 0.2) is 42.6 Å². The molecular weight excluding hydrogens is 252 g/mol. The molecule has 20 heavy (non-hydrogen) atoms. The van der Waals surface area contributed by atoms with Crippen LogP contribution in [0.1, 0.15) is 11.3 Å². The smallest absolute Gasteiger partial charge is 0.122 e. The van der Waals surface area contributed by atoms with Crippen LogP contribution >= 0.6 is 0 Å². The maximum Gasteiger partial charge on any atom is 0.122 e. The van der Waals surface area contributed by atoms with E-state index < -0.39 is 0 Å². The number of benzene rings is 1. The molecule has 106 valence electrons. The van der Waals surface area contributed by atoms with Gasteiger partial charge in [-0.15, -0.1) is 0 Å². The van der Waals surface area contributed by atoms with Gasteiger partial charge in [-0.05, 0) is 29.8 Å². The molecule has 0 spiro atoms. The summed E-state index contributed by atoms with van der Waals surface area (Å²) in [5, 5.41) is 3.40. The molecule has 2 aromatic rings. The summed E-state index contributed by atoms with van der Waals surface area (Å²) < 4.78 is 10.5. The first-order chi connectivity index (χ1) is 9.81. The zero-order valence-corrected chi connectivity index (χ0v) is 11.9. The fourth-order valence-electron chi connectivity index (χ4n) is 1.96. The molecule has 1 N–H and O–H groups in total. The first-order valence-corrected chi connectivity index (χ1v) is 6.64. The molecule has 0 saturated carbocycles. The van der Waals surface area contributed by atoms with E-state index in [2.05, 4.69) is 10.3 Å². The molecule has 4 nitrogen and oxygen atoms in total. The third-order valence-corrected chi connectivity index (χ3v) is 3.02. The molecule has 0 atom stereocenters. The highest BCUT2D eigenvalue weighted by atomic mass is 16.5. The first kappa shape index (κ1) is 14.3. The Morgan fingerprint density at radius 3 is 2.40 bits per heavy atom. The van der Waals surface area contributed by atoms with Crippen LogP contribution in [-0.4, -0.2) is 25.7 Å². The van der Waals surface area contributed by atoms with Crippen molar-refractivity contribution < 1.29 is 9.47 Å². The fraction of sp³-hybridized carbons (Fsp3) is 0.312. The number of nitrogens with zero attached hydrogens (tertiary/aromatic N) is 1. The van der Waals surface area contributed by atoms with Gasteiger partial charge in [-0.1, -0.05) is 6.07 Å². The predicted molar refractivity (Wildman–Crippen MR) is 79.2 cm³/mol. The Kier molecular flexibility index (Phi) is 5.38. The van der Waals surface area contributed by atoms with Crippen LogP contribution in [0.3, 0.4) is 0 Å². The first-order valence-electron chi connectivity index (χ1n) is 6.64. The number of aromatic nitrogens is 1. The van der Waals surface area contributed by atoms with Gasteiger partial charge in [0.15, 0.2) is 0 Å². The highest BCUT2D eigenvalue weighted by Gasteiger charge is 2.01. The van der Waals surface area contributed by atoms with Crippen LogP contribution in [0.5, 0.6) is 11.5 Å². The maximum absolute atomic E-state index is 5.26. The predicted octanol–water partition coefficient (Wildman–Crippen LogP) is 2.43. The molecule has 0 fully saturated rings. The average Bonchev–Trinajstić information content (AvgIpc) is 2.52. The minimum Gasteiger partial charge on any atom is -0.497 e. The van der Waals surface area contributed by atoms with Crippen LogP contribution in [0.25, 0.3) is 0 Å². The number of hydrogen-bond donors (Lipinski definition) is 1. The fourth-order valence-corrected chi connectivity index (χ4v) is 1.96. The maximum atomic E-state index is 5.26. The second-order valence-electron chi connectivity index (χ2n) is 4.47. The molecule has 0 radical (unpaired) electrons. The van der Waals surface area contributed by atoms with Gasteiger partial charge in [0.1, 0.15) is 11.5 Å². The summed E-state index contributed by atoms with van der Waals surface area (Å²) in [4.78, 5) is 4.30. The van der Waals surface area contributed by atoms with Crippen LogP contribution in [0.4, 0.5) is 0 Å². The SMILES string of the molecule is COc1cc(CNCCc2ccccn2)cc(OC)c1. The molecule has 0 unspecified atom stereocenters. The standard InChI is InChI=1S/C16H20N2O2/c1-19-15-9-13(10-16(11-15)20-2)12-17-8-6-14-5-3-4-7-18-14/h3-5,7,9-11,17H,6,8,12H2,1-2H3. The van der Waals surface area contributed by atoms with Crippen LogP contribution < -0.4 is 14.8 Å². The zero-order valence-electron chi connectivity index (χ0n) is 11.9. The summed E-state index contributed by atoms with van der Waals surface area (Å²) >= 11 is 0. The monoisotopic (exact) mass is 272 g/mol. The molecule has 0 aliphatic rings. The van der Waals surface area contributed by atoms with E-state index in [4.69, 9.17) is 9.47 Å². The van der Waals surface area contributed by atoms with E-state index in [-0.39, 0.29) is 0 Å². The van der Waals surface area contributed by atoms with Gasteiger partial charge in [0.05, 0.1) is 14.2 Å². The zero-order chi connectivity index (χ0) is 14.2. The van der Waals surface area contributed by atoms with Gasteiger partial charge in [0.25, 0.3) is 0 Å². The van der Waals surface area contributed by atoms with E-state index in [9.17, 15) is 0 Å². The van der Waals surface area contributed by atoms with Gasteiger partial charge in [0, 0.05) is 37.5 Å².